The average Bonchev–Trinajstić information content (AvgIpc) is 2.14. The van der Waals surface area contributed by atoms with Crippen LogP contribution in [0.5, 0.6) is 0 Å². The highest BCUT2D eigenvalue weighted by atomic mass is 16.5. The molecule has 0 N–H and O–H groups in total. The van der Waals surface area contributed by atoms with Gasteiger partial charge in [-0.05, 0) is 6.58 Å². The summed E-state index contributed by atoms with van der Waals surface area (Å²) in [5.74, 6) is 0.807. The Hall–Kier alpha value is -0.860. The molecule has 1 aliphatic rings. The Morgan fingerprint density at radius 3 is 2.56 bits per heavy atom. The van der Waals surface area contributed by atoms with Crippen molar-refractivity contribution in [1.29, 1.82) is 0 Å². The van der Waals surface area contributed by atoms with Crippen molar-refractivity contribution in [1.82, 2.24) is 0 Å². The smallest absolute Gasteiger partial charge is 0.227 e. The first-order valence-corrected chi connectivity index (χ1v) is 2.96. The fraction of sp³-hybridized carbons (Fsp3) is 0.667. The molecule has 0 aromatic carbocycles. The van der Waals surface area contributed by atoms with Crippen molar-refractivity contribution in [2.75, 3.05) is 0 Å². The fourth-order valence-corrected chi connectivity index (χ4v) is 0.577. The average molecular weight is 126 g/mol. The number of hydrogen-bond acceptors (Lipinski definition) is 3. The van der Waals surface area contributed by atoms with Gasteiger partial charge in [0.05, 0.1) is 0 Å². The second-order valence-electron chi connectivity index (χ2n) is 2.36. The maximum atomic E-state index is 5.09. The summed E-state index contributed by atoms with van der Waals surface area (Å²) < 4.78 is 5.09. The zero-order chi connectivity index (χ0) is 6.85. The van der Waals surface area contributed by atoms with E-state index < -0.39 is 0 Å². The molecule has 0 amide bonds. The molecule has 0 aliphatic carbocycles. The number of nitrogens with zero attached hydrogens (tertiary/aromatic N) is 2. The predicted molar refractivity (Wildman–Crippen MR) is 33.7 cm³/mol. The standard InChI is InChI=1S/C6H10N2O/c1-4(2)6-8-7-5(3)9-6/h4,6H,3H2,1-2H3. The van der Waals surface area contributed by atoms with E-state index in [1.54, 1.807) is 0 Å². The van der Waals surface area contributed by atoms with Crippen molar-refractivity contribution < 1.29 is 4.74 Å². The molecule has 0 aromatic rings. The van der Waals surface area contributed by atoms with Crippen LogP contribution < -0.4 is 0 Å². The fourth-order valence-electron chi connectivity index (χ4n) is 0.577. The third-order valence-corrected chi connectivity index (χ3v) is 1.11. The van der Waals surface area contributed by atoms with Crippen LogP contribution in [0.3, 0.4) is 0 Å². The van der Waals surface area contributed by atoms with Gasteiger partial charge in [0, 0.05) is 5.92 Å². The van der Waals surface area contributed by atoms with Gasteiger partial charge in [-0.25, -0.2) is 0 Å². The first-order valence-electron chi connectivity index (χ1n) is 2.96. The van der Waals surface area contributed by atoms with E-state index in [0.29, 0.717) is 11.8 Å². The van der Waals surface area contributed by atoms with Crippen molar-refractivity contribution >= 4 is 0 Å². The molecule has 50 valence electrons. The topological polar surface area (TPSA) is 34.0 Å². The van der Waals surface area contributed by atoms with E-state index in [9.17, 15) is 0 Å². The highest BCUT2D eigenvalue weighted by Gasteiger charge is 2.18. The minimum Gasteiger partial charge on any atom is -0.449 e. The molecule has 9 heavy (non-hydrogen) atoms. The van der Waals surface area contributed by atoms with Crippen molar-refractivity contribution in [2.45, 2.75) is 20.1 Å². The molecule has 1 aliphatic heterocycles. The summed E-state index contributed by atoms with van der Waals surface area (Å²) in [6.07, 6.45) is -0.0995. The molecule has 0 saturated carbocycles. The molecule has 3 heteroatoms. The maximum absolute atomic E-state index is 5.09. The van der Waals surface area contributed by atoms with E-state index in [2.05, 4.69) is 16.8 Å². The summed E-state index contributed by atoms with van der Waals surface area (Å²) in [5, 5.41) is 7.47. The molecule has 1 rings (SSSR count). The minimum atomic E-state index is -0.0995. The quantitative estimate of drug-likeness (QED) is 0.528. The lowest BCUT2D eigenvalue weighted by Gasteiger charge is -2.08. The third-order valence-electron chi connectivity index (χ3n) is 1.11. The van der Waals surface area contributed by atoms with Crippen LogP contribution >= 0.6 is 0 Å². The first-order chi connectivity index (χ1) is 4.20. The van der Waals surface area contributed by atoms with Gasteiger partial charge in [0.25, 0.3) is 0 Å². The third kappa shape index (κ3) is 1.28. The Morgan fingerprint density at radius 2 is 2.33 bits per heavy atom. The van der Waals surface area contributed by atoms with Gasteiger partial charge in [-0.3, -0.25) is 0 Å². The Balaban J connectivity index is 2.50. The zero-order valence-electron chi connectivity index (χ0n) is 5.66. The lowest BCUT2D eigenvalue weighted by molar-refractivity contribution is 0.112. The van der Waals surface area contributed by atoms with Crippen LogP contribution in [0.25, 0.3) is 0 Å². The second kappa shape index (κ2) is 2.17. The number of hydrogen-bond donors (Lipinski definition) is 0. The molecule has 1 unspecified atom stereocenters. The largest absolute Gasteiger partial charge is 0.449 e. The van der Waals surface area contributed by atoms with Crippen molar-refractivity contribution in [3.8, 4) is 0 Å². The Bertz CT molecular complexity index is 151. The molecule has 0 saturated heterocycles. The lowest BCUT2D eigenvalue weighted by atomic mass is 10.2. The van der Waals surface area contributed by atoms with E-state index in [0.717, 1.165) is 0 Å². The highest BCUT2D eigenvalue weighted by Crippen LogP contribution is 2.19. The molecule has 0 radical (unpaired) electrons. The van der Waals surface area contributed by atoms with Crippen molar-refractivity contribution in [2.24, 2.45) is 16.1 Å². The molecular formula is C6H10N2O. The molecule has 0 fully saturated rings. The van der Waals surface area contributed by atoms with E-state index >= 15 is 0 Å². The van der Waals surface area contributed by atoms with Crippen LogP contribution in [0.15, 0.2) is 22.7 Å². The van der Waals surface area contributed by atoms with Gasteiger partial charge >= 0.3 is 0 Å². The Labute approximate surface area is 54.4 Å². The minimum absolute atomic E-state index is 0.0995. The van der Waals surface area contributed by atoms with Crippen molar-refractivity contribution in [3.63, 3.8) is 0 Å². The highest BCUT2D eigenvalue weighted by molar-refractivity contribution is 4.84. The Kier molecular flexibility index (Phi) is 1.51. The van der Waals surface area contributed by atoms with Crippen LogP contribution in [0.4, 0.5) is 0 Å². The van der Waals surface area contributed by atoms with Gasteiger partial charge < -0.3 is 4.74 Å². The van der Waals surface area contributed by atoms with E-state index in [-0.39, 0.29) is 6.23 Å². The maximum Gasteiger partial charge on any atom is 0.227 e. The lowest BCUT2D eigenvalue weighted by Crippen LogP contribution is -2.11. The van der Waals surface area contributed by atoms with E-state index in [4.69, 9.17) is 4.74 Å². The molecule has 1 heterocycles. The molecule has 1 atom stereocenters. The second-order valence-corrected chi connectivity index (χ2v) is 2.36. The van der Waals surface area contributed by atoms with Gasteiger partial charge in [-0.1, -0.05) is 13.8 Å². The first kappa shape index (κ1) is 6.26. The van der Waals surface area contributed by atoms with Crippen LogP contribution in [0, 0.1) is 5.92 Å². The number of ether oxygens (including phenoxy) is 1. The van der Waals surface area contributed by atoms with Gasteiger partial charge in [0.15, 0.2) is 0 Å². The number of azo groups is 1. The van der Waals surface area contributed by atoms with Crippen LogP contribution in [-0.4, -0.2) is 6.23 Å². The van der Waals surface area contributed by atoms with E-state index in [1.165, 1.54) is 0 Å². The SMILES string of the molecule is C=C1N=NC(C(C)C)O1. The van der Waals surface area contributed by atoms with Crippen LogP contribution in [0.1, 0.15) is 13.8 Å². The zero-order valence-corrected chi connectivity index (χ0v) is 5.66. The Morgan fingerprint density at radius 1 is 1.67 bits per heavy atom. The van der Waals surface area contributed by atoms with Crippen molar-refractivity contribution in [3.05, 3.63) is 12.5 Å². The summed E-state index contributed by atoms with van der Waals surface area (Å²) in [6.45, 7) is 7.56. The van der Waals surface area contributed by atoms with Crippen LogP contribution in [0.2, 0.25) is 0 Å². The molecule has 0 bridgehead atoms. The molecule has 3 nitrogen and oxygen atoms in total. The molecular weight excluding hydrogens is 116 g/mol. The van der Waals surface area contributed by atoms with Gasteiger partial charge in [-0.2, -0.15) is 0 Å². The summed E-state index contributed by atoms with van der Waals surface area (Å²) in [4.78, 5) is 0. The van der Waals surface area contributed by atoms with Gasteiger partial charge in [0.2, 0.25) is 12.1 Å². The monoisotopic (exact) mass is 126 g/mol. The predicted octanol–water partition coefficient (Wildman–Crippen LogP) is 1.92. The van der Waals surface area contributed by atoms with Crippen LogP contribution in [-0.2, 0) is 4.74 Å². The summed E-state index contributed by atoms with van der Waals surface area (Å²) in [5.41, 5.74) is 0. The number of rotatable bonds is 1. The summed E-state index contributed by atoms with van der Waals surface area (Å²) >= 11 is 0. The summed E-state index contributed by atoms with van der Waals surface area (Å²) in [6, 6.07) is 0. The van der Waals surface area contributed by atoms with Gasteiger partial charge in [0.1, 0.15) is 0 Å². The normalized spacial score (nSPS) is 25.2. The van der Waals surface area contributed by atoms with Gasteiger partial charge in [-0.15, -0.1) is 10.2 Å². The molecule has 0 aromatic heterocycles. The molecule has 0 spiro atoms. The summed E-state index contributed by atoms with van der Waals surface area (Å²) in [7, 11) is 0. The van der Waals surface area contributed by atoms with E-state index in [1.807, 2.05) is 13.8 Å².